The van der Waals surface area contributed by atoms with Gasteiger partial charge in [0.1, 0.15) is 5.82 Å². The highest BCUT2D eigenvalue weighted by molar-refractivity contribution is 6.15. The van der Waals surface area contributed by atoms with Gasteiger partial charge in [-0.25, -0.2) is 9.97 Å². The first kappa shape index (κ1) is 32.8. The van der Waals surface area contributed by atoms with Crippen LogP contribution in [0.4, 0.5) is 0 Å². The average molecular weight is 726 g/mol. The van der Waals surface area contributed by atoms with Crippen molar-refractivity contribution in [2.45, 2.75) is 0 Å². The van der Waals surface area contributed by atoms with Crippen molar-refractivity contribution in [2.24, 2.45) is 0 Å². The van der Waals surface area contributed by atoms with E-state index in [0.717, 1.165) is 61.1 Å². The topological polar surface area (TPSA) is 30.7 Å². The summed E-state index contributed by atoms with van der Waals surface area (Å²) in [6, 6.07) is 75.8. The first-order chi connectivity index (χ1) is 28.2. The number of hydrogen-bond acceptors (Lipinski definition) is 2. The molecule has 266 valence electrons. The molecule has 0 aliphatic rings. The predicted molar refractivity (Wildman–Crippen MR) is 239 cm³/mol. The third-order valence-electron chi connectivity index (χ3n) is 11.2. The highest BCUT2D eigenvalue weighted by Gasteiger charge is 2.21. The van der Waals surface area contributed by atoms with Gasteiger partial charge in [0.2, 0.25) is 0 Å². The zero-order chi connectivity index (χ0) is 37.7. The number of benzene rings is 9. The summed E-state index contributed by atoms with van der Waals surface area (Å²) in [4.78, 5) is 10.9. The molecule has 0 N–H and O–H groups in total. The molecule has 11 aromatic rings. The number of rotatable bonds is 6. The molecule has 0 aliphatic carbocycles. The number of aromatic nitrogens is 3. The second kappa shape index (κ2) is 13.6. The molecule has 0 bridgehead atoms. The normalized spacial score (nSPS) is 11.5. The summed E-state index contributed by atoms with van der Waals surface area (Å²) in [5, 5.41) is 5.74. The Bertz CT molecular complexity index is 3240. The van der Waals surface area contributed by atoms with Gasteiger partial charge < -0.3 is 0 Å². The van der Waals surface area contributed by atoms with Crippen molar-refractivity contribution in [3.63, 3.8) is 0 Å². The fraction of sp³-hybridized carbons (Fsp3) is 0. The molecule has 0 amide bonds. The van der Waals surface area contributed by atoms with E-state index in [2.05, 4.69) is 217 Å². The molecule has 0 spiro atoms. The van der Waals surface area contributed by atoms with Crippen molar-refractivity contribution in [1.82, 2.24) is 14.5 Å². The van der Waals surface area contributed by atoms with Gasteiger partial charge in [-0.1, -0.05) is 176 Å². The smallest absolute Gasteiger partial charge is 0.162 e. The van der Waals surface area contributed by atoms with Crippen molar-refractivity contribution < 1.29 is 0 Å². The summed E-state index contributed by atoms with van der Waals surface area (Å²) in [5.74, 6) is 1.53. The minimum Gasteiger partial charge on any atom is -0.293 e. The van der Waals surface area contributed by atoms with Crippen LogP contribution in [0.1, 0.15) is 0 Å². The highest BCUT2D eigenvalue weighted by Crippen LogP contribution is 2.42. The Kier molecular flexibility index (Phi) is 7.82. The van der Waals surface area contributed by atoms with E-state index in [1.165, 1.54) is 38.2 Å². The van der Waals surface area contributed by atoms with E-state index >= 15 is 0 Å². The van der Waals surface area contributed by atoms with Gasteiger partial charge in [-0.2, -0.15) is 0 Å². The molecule has 0 radical (unpaired) electrons. The Balaban J connectivity index is 1.24. The molecule has 0 aliphatic heterocycles. The fourth-order valence-corrected chi connectivity index (χ4v) is 8.36. The standard InChI is InChI=1S/C54H35N3/c1-5-15-36(16-6-1)38-25-27-41(28-26-38)53-55-50-35-46(40-21-11-4-12-22-40)45(39-19-9-3-10-20-39)34-49(50)54(56-53)57-51-30-29-44(37-17-7-2-8-18-37)32-47(51)48-31-42-23-13-14-24-43(42)33-52(48)57/h1-35H. The Morgan fingerprint density at radius 2 is 0.772 bits per heavy atom. The van der Waals surface area contributed by atoms with Crippen LogP contribution in [0, 0.1) is 0 Å². The highest BCUT2D eigenvalue weighted by atomic mass is 15.1. The molecular weight excluding hydrogens is 691 g/mol. The van der Waals surface area contributed by atoms with Crippen molar-refractivity contribution >= 4 is 43.5 Å². The molecule has 9 aromatic carbocycles. The van der Waals surface area contributed by atoms with E-state index in [4.69, 9.17) is 9.97 Å². The lowest BCUT2D eigenvalue weighted by molar-refractivity contribution is 1.08. The second-order valence-electron chi connectivity index (χ2n) is 14.6. The lowest BCUT2D eigenvalue weighted by atomic mass is 9.92. The molecule has 0 fully saturated rings. The lowest BCUT2D eigenvalue weighted by Crippen LogP contribution is -2.03. The Morgan fingerprint density at radius 1 is 0.298 bits per heavy atom. The molecule has 3 nitrogen and oxygen atoms in total. The second-order valence-corrected chi connectivity index (χ2v) is 14.6. The van der Waals surface area contributed by atoms with Crippen LogP contribution in [0.5, 0.6) is 0 Å². The maximum atomic E-state index is 5.57. The molecule has 0 saturated heterocycles. The van der Waals surface area contributed by atoms with Gasteiger partial charge in [-0.15, -0.1) is 0 Å². The Morgan fingerprint density at radius 3 is 1.40 bits per heavy atom. The van der Waals surface area contributed by atoms with Gasteiger partial charge in [-0.05, 0) is 91.7 Å². The van der Waals surface area contributed by atoms with Crippen LogP contribution in [0.25, 0.3) is 105 Å². The van der Waals surface area contributed by atoms with Crippen LogP contribution in [0.3, 0.4) is 0 Å². The van der Waals surface area contributed by atoms with E-state index in [0.29, 0.717) is 5.82 Å². The minimum atomic E-state index is 0.681. The molecule has 2 heterocycles. The largest absolute Gasteiger partial charge is 0.293 e. The van der Waals surface area contributed by atoms with Gasteiger partial charge in [0.05, 0.1) is 16.6 Å². The van der Waals surface area contributed by atoms with Crippen LogP contribution in [0.2, 0.25) is 0 Å². The quantitative estimate of drug-likeness (QED) is 0.171. The molecule has 3 heteroatoms. The zero-order valence-corrected chi connectivity index (χ0v) is 31.0. The lowest BCUT2D eigenvalue weighted by Gasteiger charge is -2.17. The van der Waals surface area contributed by atoms with Crippen LogP contribution in [-0.4, -0.2) is 14.5 Å². The minimum absolute atomic E-state index is 0.681. The predicted octanol–water partition coefficient (Wildman–Crippen LogP) is 14.2. The maximum Gasteiger partial charge on any atom is 0.162 e. The van der Waals surface area contributed by atoms with Gasteiger partial charge in [0.15, 0.2) is 5.82 Å². The summed E-state index contributed by atoms with van der Waals surface area (Å²) in [6.07, 6.45) is 0. The van der Waals surface area contributed by atoms with Crippen molar-refractivity contribution in [2.75, 3.05) is 0 Å². The first-order valence-corrected chi connectivity index (χ1v) is 19.4. The summed E-state index contributed by atoms with van der Waals surface area (Å²) in [5.41, 5.74) is 13.3. The Hall–Kier alpha value is -7.62. The van der Waals surface area contributed by atoms with Crippen LogP contribution in [-0.2, 0) is 0 Å². The molecule has 0 saturated carbocycles. The van der Waals surface area contributed by atoms with E-state index < -0.39 is 0 Å². The number of nitrogens with zero attached hydrogens (tertiary/aromatic N) is 3. The van der Waals surface area contributed by atoms with Gasteiger partial charge >= 0.3 is 0 Å². The van der Waals surface area contributed by atoms with Crippen molar-refractivity contribution in [1.29, 1.82) is 0 Å². The third kappa shape index (κ3) is 5.76. The average Bonchev–Trinajstić information content (AvgIpc) is 3.60. The maximum absolute atomic E-state index is 5.57. The van der Waals surface area contributed by atoms with Crippen molar-refractivity contribution in [3.05, 3.63) is 212 Å². The monoisotopic (exact) mass is 725 g/mol. The summed E-state index contributed by atoms with van der Waals surface area (Å²) < 4.78 is 2.37. The summed E-state index contributed by atoms with van der Waals surface area (Å²) >= 11 is 0. The molecule has 2 aromatic heterocycles. The molecule has 57 heavy (non-hydrogen) atoms. The van der Waals surface area contributed by atoms with E-state index in [1.54, 1.807) is 0 Å². The van der Waals surface area contributed by atoms with E-state index in [1.807, 2.05) is 0 Å². The summed E-state index contributed by atoms with van der Waals surface area (Å²) in [6.45, 7) is 0. The van der Waals surface area contributed by atoms with Crippen LogP contribution in [0.15, 0.2) is 212 Å². The van der Waals surface area contributed by atoms with Crippen LogP contribution >= 0.6 is 0 Å². The van der Waals surface area contributed by atoms with Crippen LogP contribution < -0.4 is 0 Å². The van der Waals surface area contributed by atoms with E-state index in [-0.39, 0.29) is 0 Å². The molecular formula is C54H35N3. The first-order valence-electron chi connectivity index (χ1n) is 19.4. The Labute approximate surface area is 330 Å². The third-order valence-corrected chi connectivity index (χ3v) is 11.2. The molecule has 0 atom stereocenters. The number of fused-ring (bicyclic) bond motifs is 5. The van der Waals surface area contributed by atoms with Crippen molar-refractivity contribution in [3.8, 4) is 61.7 Å². The summed E-state index contributed by atoms with van der Waals surface area (Å²) in [7, 11) is 0. The van der Waals surface area contributed by atoms with E-state index in [9.17, 15) is 0 Å². The fourth-order valence-electron chi connectivity index (χ4n) is 8.36. The SMILES string of the molecule is c1ccc(-c2ccc(-c3nc(-n4c5ccc(-c6ccccc6)cc5c5cc6ccccc6cc54)c4cc(-c5ccccc5)c(-c5ccccc5)cc4n3)cc2)cc1. The van der Waals surface area contributed by atoms with Gasteiger partial charge in [0, 0.05) is 21.7 Å². The zero-order valence-electron chi connectivity index (χ0n) is 31.0. The molecule has 0 unspecified atom stereocenters. The van der Waals surface area contributed by atoms with Gasteiger partial charge in [-0.3, -0.25) is 4.57 Å². The number of hydrogen-bond donors (Lipinski definition) is 0. The molecule has 11 rings (SSSR count). The van der Waals surface area contributed by atoms with Gasteiger partial charge in [0.25, 0.3) is 0 Å².